The maximum Gasteiger partial charge on any atom is 0.138 e. The molecular weight excluding hydrogens is 116 g/mol. The number of rotatable bonds is 2. The van der Waals surface area contributed by atoms with Crippen molar-refractivity contribution in [2.24, 2.45) is 5.92 Å². The summed E-state index contributed by atoms with van der Waals surface area (Å²) in [6.07, 6.45) is 1.62. The molecule has 0 aromatic carbocycles. The molecular formula is C5H10N4. The SMILES string of the molecule is CC(C)Cn1cnnn1. The first-order valence-electron chi connectivity index (χ1n) is 3.00. The molecule has 1 aromatic rings. The Morgan fingerprint density at radius 2 is 2.33 bits per heavy atom. The van der Waals surface area contributed by atoms with E-state index >= 15 is 0 Å². The van der Waals surface area contributed by atoms with Gasteiger partial charge in [0, 0.05) is 6.54 Å². The van der Waals surface area contributed by atoms with Crippen molar-refractivity contribution < 1.29 is 0 Å². The van der Waals surface area contributed by atoms with Gasteiger partial charge in [-0.2, -0.15) is 0 Å². The van der Waals surface area contributed by atoms with Crippen molar-refractivity contribution in [1.82, 2.24) is 20.2 Å². The van der Waals surface area contributed by atoms with Gasteiger partial charge in [0.25, 0.3) is 0 Å². The topological polar surface area (TPSA) is 43.6 Å². The lowest BCUT2D eigenvalue weighted by Gasteiger charge is -2.00. The van der Waals surface area contributed by atoms with Gasteiger partial charge >= 0.3 is 0 Å². The third kappa shape index (κ3) is 1.79. The van der Waals surface area contributed by atoms with E-state index in [1.165, 1.54) is 0 Å². The lowest BCUT2D eigenvalue weighted by molar-refractivity contribution is 0.472. The third-order valence-corrected chi connectivity index (χ3v) is 0.944. The zero-order valence-electron chi connectivity index (χ0n) is 5.65. The molecule has 0 atom stereocenters. The molecule has 0 amide bonds. The van der Waals surface area contributed by atoms with E-state index in [2.05, 4.69) is 29.4 Å². The molecule has 50 valence electrons. The van der Waals surface area contributed by atoms with Crippen LogP contribution in [0.3, 0.4) is 0 Å². The fraction of sp³-hybridized carbons (Fsp3) is 0.800. The highest BCUT2D eigenvalue weighted by molar-refractivity contribution is 4.48. The van der Waals surface area contributed by atoms with Crippen LogP contribution in [0.4, 0.5) is 0 Å². The Bertz CT molecular complexity index is 155. The average molecular weight is 126 g/mol. The second-order valence-electron chi connectivity index (χ2n) is 2.43. The van der Waals surface area contributed by atoms with Gasteiger partial charge in [0.1, 0.15) is 6.33 Å². The summed E-state index contributed by atoms with van der Waals surface area (Å²) in [7, 11) is 0. The summed E-state index contributed by atoms with van der Waals surface area (Å²) in [4.78, 5) is 0. The summed E-state index contributed by atoms with van der Waals surface area (Å²) in [5.41, 5.74) is 0. The number of tetrazole rings is 1. The predicted molar refractivity (Wildman–Crippen MR) is 32.7 cm³/mol. The van der Waals surface area contributed by atoms with Gasteiger partial charge in [-0.1, -0.05) is 13.8 Å². The zero-order valence-corrected chi connectivity index (χ0v) is 5.65. The third-order valence-electron chi connectivity index (χ3n) is 0.944. The highest BCUT2D eigenvalue weighted by Gasteiger charge is 1.94. The molecule has 1 aromatic heterocycles. The Hall–Kier alpha value is -0.930. The van der Waals surface area contributed by atoms with Gasteiger partial charge in [0.2, 0.25) is 0 Å². The number of aromatic nitrogens is 4. The predicted octanol–water partition coefficient (Wildman–Crippen LogP) is 0.329. The molecule has 0 spiro atoms. The lowest BCUT2D eigenvalue weighted by Crippen LogP contribution is -2.04. The lowest BCUT2D eigenvalue weighted by atomic mass is 10.2. The molecule has 9 heavy (non-hydrogen) atoms. The highest BCUT2D eigenvalue weighted by atomic mass is 15.5. The molecule has 0 unspecified atom stereocenters. The zero-order chi connectivity index (χ0) is 6.69. The van der Waals surface area contributed by atoms with E-state index in [0.717, 1.165) is 6.54 Å². The van der Waals surface area contributed by atoms with Crippen LogP contribution in [-0.4, -0.2) is 20.2 Å². The largest absolute Gasteiger partial charge is 0.232 e. The van der Waals surface area contributed by atoms with E-state index in [9.17, 15) is 0 Å². The molecule has 0 radical (unpaired) electrons. The van der Waals surface area contributed by atoms with E-state index in [1.54, 1.807) is 11.0 Å². The minimum Gasteiger partial charge on any atom is -0.232 e. The summed E-state index contributed by atoms with van der Waals surface area (Å²) in [6, 6.07) is 0. The van der Waals surface area contributed by atoms with Crippen molar-refractivity contribution in [2.75, 3.05) is 0 Å². The van der Waals surface area contributed by atoms with Crippen LogP contribution in [0, 0.1) is 5.92 Å². The molecule has 0 saturated carbocycles. The molecule has 4 nitrogen and oxygen atoms in total. The van der Waals surface area contributed by atoms with Crippen molar-refractivity contribution in [3.63, 3.8) is 0 Å². The molecule has 1 rings (SSSR count). The first kappa shape index (κ1) is 6.19. The summed E-state index contributed by atoms with van der Waals surface area (Å²) >= 11 is 0. The van der Waals surface area contributed by atoms with Crippen LogP contribution in [0.2, 0.25) is 0 Å². The van der Waals surface area contributed by atoms with Gasteiger partial charge in [-0.25, -0.2) is 4.68 Å². The molecule has 1 heterocycles. The minimum atomic E-state index is 0.605. The first-order valence-corrected chi connectivity index (χ1v) is 3.00. The molecule has 0 aliphatic heterocycles. The van der Waals surface area contributed by atoms with Gasteiger partial charge in [0.15, 0.2) is 0 Å². The Balaban J connectivity index is 2.48. The van der Waals surface area contributed by atoms with Gasteiger partial charge in [-0.3, -0.25) is 0 Å². The van der Waals surface area contributed by atoms with E-state index in [4.69, 9.17) is 0 Å². The van der Waals surface area contributed by atoms with E-state index < -0.39 is 0 Å². The van der Waals surface area contributed by atoms with Crippen LogP contribution in [0.5, 0.6) is 0 Å². The fourth-order valence-electron chi connectivity index (χ4n) is 0.638. The highest BCUT2D eigenvalue weighted by Crippen LogP contribution is 1.93. The molecule has 0 aliphatic carbocycles. The van der Waals surface area contributed by atoms with Crippen molar-refractivity contribution in [3.8, 4) is 0 Å². The van der Waals surface area contributed by atoms with E-state index in [-0.39, 0.29) is 0 Å². The maximum absolute atomic E-state index is 3.71. The van der Waals surface area contributed by atoms with Crippen LogP contribution in [0.15, 0.2) is 6.33 Å². The second-order valence-corrected chi connectivity index (χ2v) is 2.43. The van der Waals surface area contributed by atoms with Gasteiger partial charge in [-0.15, -0.1) is 5.10 Å². The number of nitrogens with zero attached hydrogens (tertiary/aromatic N) is 4. The minimum absolute atomic E-state index is 0.605. The fourth-order valence-corrected chi connectivity index (χ4v) is 0.638. The average Bonchev–Trinajstić information content (AvgIpc) is 2.15. The number of hydrogen-bond acceptors (Lipinski definition) is 3. The van der Waals surface area contributed by atoms with Gasteiger partial charge < -0.3 is 0 Å². The second kappa shape index (κ2) is 2.57. The Kier molecular flexibility index (Phi) is 1.77. The van der Waals surface area contributed by atoms with Crippen LogP contribution < -0.4 is 0 Å². The Labute approximate surface area is 53.9 Å². The smallest absolute Gasteiger partial charge is 0.138 e. The van der Waals surface area contributed by atoms with Gasteiger partial charge in [0.05, 0.1) is 0 Å². The Morgan fingerprint density at radius 1 is 1.56 bits per heavy atom. The normalized spacial score (nSPS) is 10.6. The van der Waals surface area contributed by atoms with Crippen molar-refractivity contribution in [1.29, 1.82) is 0 Å². The van der Waals surface area contributed by atoms with Crippen LogP contribution >= 0.6 is 0 Å². The first-order chi connectivity index (χ1) is 4.29. The molecule has 0 saturated heterocycles. The molecule has 4 heteroatoms. The molecule has 0 N–H and O–H groups in total. The van der Waals surface area contributed by atoms with E-state index in [1.807, 2.05) is 0 Å². The van der Waals surface area contributed by atoms with E-state index in [0.29, 0.717) is 5.92 Å². The Morgan fingerprint density at radius 3 is 2.78 bits per heavy atom. The van der Waals surface area contributed by atoms with Crippen LogP contribution in [0.1, 0.15) is 13.8 Å². The van der Waals surface area contributed by atoms with Crippen LogP contribution in [-0.2, 0) is 6.54 Å². The molecule has 0 bridgehead atoms. The standard InChI is InChI=1S/C5H10N4/c1-5(2)3-9-4-6-7-8-9/h4-5H,3H2,1-2H3. The van der Waals surface area contributed by atoms with Gasteiger partial charge in [-0.05, 0) is 16.3 Å². The summed E-state index contributed by atoms with van der Waals surface area (Å²) in [6.45, 7) is 5.15. The molecule has 0 fully saturated rings. The maximum atomic E-state index is 3.71. The van der Waals surface area contributed by atoms with Crippen molar-refractivity contribution in [2.45, 2.75) is 20.4 Å². The summed E-state index contributed by atoms with van der Waals surface area (Å²) in [5, 5.41) is 10.7. The van der Waals surface area contributed by atoms with Crippen molar-refractivity contribution >= 4 is 0 Å². The monoisotopic (exact) mass is 126 g/mol. The molecule has 0 aliphatic rings. The van der Waals surface area contributed by atoms with Crippen LogP contribution in [0.25, 0.3) is 0 Å². The quantitative estimate of drug-likeness (QED) is 0.573. The van der Waals surface area contributed by atoms with Crippen molar-refractivity contribution in [3.05, 3.63) is 6.33 Å². The summed E-state index contributed by atoms with van der Waals surface area (Å²) in [5.74, 6) is 0.605. The number of hydrogen-bond donors (Lipinski definition) is 0. The summed E-state index contributed by atoms with van der Waals surface area (Å²) < 4.78 is 1.73.